The van der Waals surface area contributed by atoms with Crippen molar-refractivity contribution in [3.8, 4) is 0 Å². The second-order valence-electron chi connectivity index (χ2n) is 7.57. The van der Waals surface area contributed by atoms with Gasteiger partial charge < -0.3 is 21.0 Å². The van der Waals surface area contributed by atoms with E-state index in [1.807, 2.05) is 6.07 Å². The number of aromatic nitrogens is 5. The molecule has 3 aromatic heterocycles. The first-order valence-corrected chi connectivity index (χ1v) is 9.99. The molecule has 150 valence electrons. The number of nitrogens with two attached hydrogens (primary N) is 1. The van der Waals surface area contributed by atoms with Gasteiger partial charge in [-0.15, -0.1) is 0 Å². The number of nitrogens with zero attached hydrogens (tertiary/aromatic N) is 3. The van der Waals surface area contributed by atoms with Gasteiger partial charge in [-0.3, -0.25) is 0 Å². The van der Waals surface area contributed by atoms with E-state index in [1.165, 1.54) is 16.5 Å². The van der Waals surface area contributed by atoms with Crippen LogP contribution in [0.25, 0.3) is 21.9 Å². The quantitative estimate of drug-likeness (QED) is 0.347. The lowest BCUT2D eigenvalue weighted by Crippen LogP contribution is -2.10. The number of hydrogen-bond donors (Lipinski definition) is 4. The fourth-order valence-corrected chi connectivity index (χ4v) is 3.76. The highest BCUT2D eigenvalue weighted by Crippen LogP contribution is 2.21. The number of H-pyrrole nitrogens is 2. The Labute approximate surface area is 173 Å². The molecule has 0 radical (unpaired) electrons. The minimum atomic E-state index is 0.500. The monoisotopic (exact) mass is 397 g/mol. The van der Waals surface area contributed by atoms with Gasteiger partial charge in [0.15, 0.2) is 0 Å². The van der Waals surface area contributed by atoms with E-state index in [0.29, 0.717) is 18.2 Å². The average Bonchev–Trinajstić information content (AvgIpc) is 3.36. The Bertz CT molecular complexity index is 1330. The molecule has 0 aliphatic rings. The van der Waals surface area contributed by atoms with Crippen molar-refractivity contribution in [2.24, 2.45) is 0 Å². The summed E-state index contributed by atoms with van der Waals surface area (Å²) in [6.45, 7) is 2.84. The van der Waals surface area contributed by atoms with Gasteiger partial charge in [0.05, 0.1) is 17.4 Å². The molecule has 7 nitrogen and oxygen atoms in total. The van der Waals surface area contributed by atoms with Crippen LogP contribution in [0.1, 0.15) is 22.3 Å². The topological polar surface area (TPSA) is 108 Å². The summed E-state index contributed by atoms with van der Waals surface area (Å²) in [7, 11) is 0. The van der Waals surface area contributed by atoms with Crippen molar-refractivity contribution in [1.82, 2.24) is 24.9 Å². The van der Waals surface area contributed by atoms with Crippen LogP contribution < -0.4 is 11.1 Å². The van der Waals surface area contributed by atoms with E-state index < -0.39 is 0 Å². The molecule has 0 aliphatic carbocycles. The van der Waals surface area contributed by atoms with E-state index in [0.717, 1.165) is 40.6 Å². The summed E-state index contributed by atoms with van der Waals surface area (Å²) in [5.74, 6) is 1.05. The summed E-state index contributed by atoms with van der Waals surface area (Å²) >= 11 is 0. The first-order chi connectivity index (χ1) is 14.7. The molecule has 0 saturated heterocycles. The third kappa shape index (κ3) is 3.57. The summed E-state index contributed by atoms with van der Waals surface area (Å²) in [6.07, 6.45) is 7.12. The second kappa shape index (κ2) is 7.51. The number of nitrogens with one attached hydrogen (secondary N) is 3. The van der Waals surface area contributed by atoms with E-state index in [2.05, 4.69) is 73.7 Å². The van der Waals surface area contributed by atoms with Crippen LogP contribution in [-0.2, 0) is 12.8 Å². The highest BCUT2D eigenvalue weighted by molar-refractivity contribution is 5.83. The number of rotatable bonds is 6. The zero-order valence-corrected chi connectivity index (χ0v) is 16.7. The van der Waals surface area contributed by atoms with E-state index in [-0.39, 0.29) is 0 Å². The highest BCUT2D eigenvalue weighted by atomic mass is 15.1. The van der Waals surface area contributed by atoms with Crippen molar-refractivity contribution in [1.29, 1.82) is 0 Å². The van der Waals surface area contributed by atoms with Crippen LogP contribution in [0.3, 0.4) is 0 Å². The number of aryl methyl sites for hydroxylation is 1. The van der Waals surface area contributed by atoms with Crippen LogP contribution in [0, 0.1) is 6.92 Å². The Kier molecular flexibility index (Phi) is 4.55. The zero-order valence-electron chi connectivity index (χ0n) is 16.7. The van der Waals surface area contributed by atoms with Gasteiger partial charge in [0.2, 0.25) is 5.95 Å². The van der Waals surface area contributed by atoms with Gasteiger partial charge in [0.1, 0.15) is 5.82 Å². The van der Waals surface area contributed by atoms with Gasteiger partial charge in [-0.2, -0.15) is 4.98 Å². The Balaban J connectivity index is 1.24. The first-order valence-electron chi connectivity index (χ1n) is 9.99. The third-order valence-electron chi connectivity index (χ3n) is 5.38. The predicted octanol–water partition coefficient (Wildman–Crippen LogP) is 3.97. The molecule has 0 amide bonds. The van der Waals surface area contributed by atoms with Gasteiger partial charge in [-0.05, 0) is 48.7 Å². The number of nitrogen functional groups attached to an aromatic ring is 1. The molecule has 2 aromatic carbocycles. The van der Waals surface area contributed by atoms with Crippen molar-refractivity contribution < 1.29 is 0 Å². The minimum absolute atomic E-state index is 0.500. The molecular weight excluding hydrogens is 374 g/mol. The van der Waals surface area contributed by atoms with Crippen LogP contribution in [0.5, 0.6) is 0 Å². The van der Waals surface area contributed by atoms with Crippen molar-refractivity contribution in [3.63, 3.8) is 0 Å². The number of imidazole rings is 1. The van der Waals surface area contributed by atoms with E-state index in [4.69, 9.17) is 5.73 Å². The summed E-state index contributed by atoms with van der Waals surface area (Å²) in [4.78, 5) is 19.6. The van der Waals surface area contributed by atoms with Crippen molar-refractivity contribution in [3.05, 3.63) is 77.4 Å². The summed E-state index contributed by atoms with van der Waals surface area (Å²) < 4.78 is 0. The second-order valence-corrected chi connectivity index (χ2v) is 7.57. The largest absolute Gasteiger partial charge is 0.383 e. The van der Waals surface area contributed by atoms with Gasteiger partial charge in [0, 0.05) is 41.8 Å². The zero-order chi connectivity index (χ0) is 20.5. The number of fused-ring (bicyclic) bond motifs is 2. The molecule has 0 saturated carbocycles. The smallest absolute Gasteiger partial charge is 0.224 e. The molecule has 3 heterocycles. The molecule has 5 aromatic rings. The molecule has 30 heavy (non-hydrogen) atoms. The molecule has 5 rings (SSSR count). The average molecular weight is 397 g/mol. The summed E-state index contributed by atoms with van der Waals surface area (Å²) in [5.41, 5.74) is 13.9. The SMILES string of the molecule is Cc1ccc2[nH]cc(CCNc3ncc(Cc4ccc5nc[nH]c5c4)c(N)n3)c2c1. The molecule has 0 aliphatic heterocycles. The Morgan fingerprint density at radius 3 is 2.83 bits per heavy atom. The minimum Gasteiger partial charge on any atom is -0.383 e. The summed E-state index contributed by atoms with van der Waals surface area (Å²) in [5, 5.41) is 4.55. The van der Waals surface area contributed by atoms with E-state index in [1.54, 1.807) is 12.5 Å². The summed E-state index contributed by atoms with van der Waals surface area (Å²) in [6, 6.07) is 12.6. The van der Waals surface area contributed by atoms with Crippen LogP contribution in [0.2, 0.25) is 0 Å². The van der Waals surface area contributed by atoms with Crippen LogP contribution >= 0.6 is 0 Å². The molecule has 0 spiro atoms. The van der Waals surface area contributed by atoms with Crippen LogP contribution in [0.15, 0.2) is 55.1 Å². The maximum atomic E-state index is 6.20. The predicted molar refractivity (Wildman–Crippen MR) is 121 cm³/mol. The van der Waals surface area contributed by atoms with E-state index >= 15 is 0 Å². The van der Waals surface area contributed by atoms with Gasteiger partial charge in [-0.25, -0.2) is 9.97 Å². The third-order valence-corrected chi connectivity index (χ3v) is 5.38. The molecule has 0 fully saturated rings. The first kappa shape index (κ1) is 18.2. The van der Waals surface area contributed by atoms with Crippen molar-refractivity contribution in [2.75, 3.05) is 17.6 Å². The Morgan fingerprint density at radius 2 is 1.93 bits per heavy atom. The van der Waals surface area contributed by atoms with E-state index in [9.17, 15) is 0 Å². The molecule has 0 atom stereocenters. The number of benzene rings is 2. The molecular formula is C23H23N7. The maximum Gasteiger partial charge on any atom is 0.224 e. The Morgan fingerprint density at radius 1 is 1.00 bits per heavy atom. The fourth-order valence-electron chi connectivity index (χ4n) is 3.76. The molecule has 0 bridgehead atoms. The van der Waals surface area contributed by atoms with Crippen LogP contribution in [0.4, 0.5) is 11.8 Å². The van der Waals surface area contributed by atoms with Gasteiger partial charge >= 0.3 is 0 Å². The van der Waals surface area contributed by atoms with Crippen LogP contribution in [-0.4, -0.2) is 31.5 Å². The number of anilines is 2. The van der Waals surface area contributed by atoms with Gasteiger partial charge in [-0.1, -0.05) is 17.7 Å². The molecule has 0 unspecified atom stereocenters. The number of hydrogen-bond acceptors (Lipinski definition) is 5. The lowest BCUT2D eigenvalue weighted by Gasteiger charge is -2.09. The standard InChI is InChI=1S/C23H23N7/c1-14-2-4-19-18(8-14)16(11-26-19)6-7-25-23-27-12-17(22(24)30-23)9-15-3-5-20-21(10-15)29-13-28-20/h2-5,8,10-13,26H,6-7,9H2,1H3,(H,28,29)(H3,24,25,27,30). The normalized spacial score (nSPS) is 11.4. The Hall–Kier alpha value is -3.87. The van der Waals surface area contributed by atoms with Crippen molar-refractivity contribution in [2.45, 2.75) is 19.8 Å². The molecule has 5 N–H and O–H groups in total. The van der Waals surface area contributed by atoms with Gasteiger partial charge in [0.25, 0.3) is 0 Å². The fraction of sp³-hybridized carbons (Fsp3) is 0.174. The lowest BCUT2D eigenvalue weighted by molar-refractivity contribution is 0.982. The van der Waals surface area contributed by atoms with Crippen molar-refractivity contribution >= 4 is 33.7 Å². The maximum absolute atomic E-state index is 6.20. The molecule has 7 heteroatoms. The lowest BCUT2D eigenvalue weighted by atomic mass is 10.1. The highest BCUT2D eigenvalue weighted by Gasteiger charge is 2.08. The number of aromatic amines is 2.